The van der Waals surface area contributed by atoms with Crippen molar-refractivity contribution in [2.45, 2.75) is 65.6 Å². The van der Waals surface area contributed by atoms with Gasteiger partial charge in [-0.05, 0) is 52.0 Å². The fourth-order valence-electron chi connectivity index (χ4n) is 3.22. The van der Waals surface area contributed by atoms with Crippen LogP contribution in [0.4, 0.5) is 4.79 Å². The summed E-state index contributed by atoms with van der Waals surface area (Å²) in [6.07, 6.45) is 1.22. The van der Waals surface area contributed by atoms with Gasteiger partial charge in [0.15, 0.2) is 5.78 Å². The molecule has 166 valence electrons. The van der Waals surface area contributed by atoms with Gasteiger partial charge in [-0.25, -0.2) is 4.79 Å². The molecule has 0 spiro atoms. The molecule has 0 aliphatic carbocycles. The first-order chi connectivity index (χ1) is 14.1. The molecule has 1 atom stereocenters. The van der Waals surface area contributed by atoms with Crippen LogP contribution in [0.5, 0.6) is 5.75 Å². The van der Waals surface area contributed by atoms with Crippen LogP contribution in [0.2, 0.25) is 0 Å². The smallest absolute Gasteiger partial charge is 0.410 e. The zero-order valence-electron chi connectivity index (χ0n) is 18.6. The zero-order chi connectivity index (χ0) is 22.3. The van der Waals surface area contributed by atoms with E-state index in [1.54, 1.807) is 43.0 Å². The Labute approximate surface area is 178 Å². The fraction of sp³-hybridized carbons (Fsp3) is 0.609. The largest absolute Gasteiger partial charge is 0.490 e. The summed E-state index contributed by atoms with van der Waals surface area (Å²) in [6, 6.07) is 6.97. The van der Waals surface area contributed by atoms with Crippen LogP contribution in [0.25, 0.3) is 0 Å². The van der Waals surface area contributed by atoms with Crippen LogP contribution in [-0.4, -0.2) is 54.1 Å². The lowest BCUT2D eigenvalue weighted by molar-refractivity contribution is -0.143. The predicted octanol–water partition coefficient (Wildman–Crippen LogP) is 4.24. The quantitative estimate of drug-likeness (QED) is 0.486. The van der Waals surface area contributed by atoms with Gasteiger partial charge in [0.25, 0.3) is 0 Å². The highest BCUT2D eigenvalue weighted by atomic mass is 16.6. The van der Waals surface area contributed by atoms with Crippen molar-refractivity contribution in [3.63, 3.8) is 0 Å². The van der Waals surface area contributed by atoms with E-state index in [1.165, 1.54) is 0 Å². The fourth-order valence-corrected chi connectivity index (χ4v) is 3.22. The van der Waals surface area contributed by atoms with Crippen molar-refractivity contribution in [2.75, 3.05) is 19.7 Å². The minimum absolute atomic E-state index is 0.00739. The second-order valence-corrected chi connectivity index (χ2v) is 8.58. The van der Waals surface area contributed by atoms with E-state index in [2.05, 4.69) is 0 Å². The van der Waals surface area contributed by atoms with E-state index in [4.69, 9.17) is 14.2 Å². The van der Waals surface area contributed by atoms with Gasteiger partial charge in [-0.2, -0.15) is 0 Å². The van der Waals surface area contributed by atoms with Crippen LogP contribution in [-0.2, 0) is 14.3 Å². The summed E-state index contributed by atoms with van der Waals surface area (Å²) in [7, 11) is 0. The summed E-state index contributed by atoms with van der Waals surface area (Å²) in [5.74, 6) is -0.218. The molecule has 1 aliphatic heterocycles. The lowest BCUT2D eigenvalue weighted by Crippen LogP contribution is -2.44. The van der Waals surface area contributed by atoms with Crippen LogP contribution in [0, 0.1) is 5.92 Å². The molecule has 0 bridgehead atoms. The molecule has 7 nitrogen and oxygen atoms in total. The van der Waals surface area contributed by atoms with E-state index in [0.717, 1.165) is 12.8 Å². The average Bonchev–Trinajstić information content (AvgIpc) is 2.67. The molecule has 2 rings (SSSR count). The maximum Gasteiger partial charge on any atom is 0.410 e. The zero-order valence-corrected chi connectivity index (χ0v) is 18.6. The third-order valence-corrected chi connectivity index (χ3v) is 4.76. The first kappa shape index (κ1) is 23.7. The first-order valence-corrected chi connectivity index (χ1v) is 10.5. The number of piperidine rings is 1. The second-order valence-electron chi connectivity index (χ2n) is 8.58. The molecular weight excluding hydrogens is 386 g/mol. The Morgan fingerprint density at radius 2 is 1.70 bits per heavy atom. The van der Waals surface area contributed by atoms with Gasteiger partial charge >= 0.3 is 12.1 Å². The van der Waals surface area contributed by atoms with Crippen LogP contribution < -0.4 is 4.74 Å². The molecule has 7 heteroatoms. The maximum atomic E-state index is 12.5. The number of carbonyl (C=O) groups is 3. The van der Waals surface area contributed by atoms with E-state index in [1.807, 2.05) is 20.8 Å². The number of benzene rings is 1. The molecule has 1 heterocycles. The molecule has 0 radical (unpaired) electrons. The molecule has 1 amide bonds. The summed E-state index contributed by atoms with van der Waals surface area (Å²) in [4.78, 5) is 37.9. The summed E-state index contributed by atoms with van der Waals surface area (Å²) >= 11 is 0. The van der Waals surface area contributed by atoms with Crippen LogP contribution in [0.3, 0.4) is 0 Å². The summed E-state index contributed by atoms with van der Waals surface area (Å²) in [5, 5.41) is 0. The van der Waals surface area contributed by atoms with Crippen molar-refractivity contribution in [1.29, 1.82) is 0 Å². The van der Waals surface area contributed by atoms with Crippen LogP contribution in [0.15, 0.2) is 24.3 Å². The highest BCUT2D eigenvalue weighted by molar-refractivity contribution is 5.99. The Balaban J connectivity index is 1.83. The van der Waals surface area contributed by atoms with Gasteiger partial charge in [0, 0.05) is 37.4 Å². The first-order valence-electron chi connectivity index (χ1n) is 10.5. The summed E-state index contributed by atoms with van der Waals surface area (Å²) in [5.41, 5.74) is 0.0381. The molecule has 1 aromatic carbocycles. The number of hydrogen-bond acceptors (Lipinski definition) is 6. The Morgan fingerprint density at radius 1 is 1.10 bits per heavy atom. The molecule has 0 N–H and O–H groups in total. The topological polar surface area (TPSA) is 82.1 Å². The number of amides is 1. The SMILES string of the molecule is CCOC(=O)CC(C)C(=O)c1ccc(OC2CCN(C(=O)OC(C)(C)C)CC2)cc1. The normalized spacial score (nSPS) is 16.0. The van der Waals surface area contributed by atoms with E-state index in [-0.39, 0.29) is 30.4 Å². The van der Waals surface area contributed by atoms with Crippen molar-refractivity contribution >= 4 is 17.8 Å². The summed E-state index contributed by atoms with van der Waals surface area (Å²) in [6.45, 7) is 10.5. The van der Waals surface area contributed by atoms with E-state index in [9.17, 15) is 14.4 Å². The summed E-state index contributed by atoms with van der Waals surface area (Å²) < 4.78 is 16.3. The molecule has 30 heavy (non-hydrogen) atoms. The van der Waals surface area contributed by atoms with E-state index < -0.39 is 11.5 Å². The standard InChI is InChI=1S/C23H33NO6/c1-6-28-20(25)15-16(2)21(26)17-7-9-18(10-8-17)29-19-11-13-24(14-12-19)22(27)30-23(3,4)5/h7-10,16,19H,6,11-15H2,1-5H3. The Kier molecular flexibility index (Phi) is 8.26. The van der Waals surface area contributed by atoms with Gasteiger partial charge in [0.2, 0.25) is 0 Å². The number of likely N-dealkylation sites (tertiary alicyclic amines) is 1. The van der Waals surface area contributed by atoms with Crippen LogP contribution >= 0.6 is 0 Å². The van der Waals surface area contributed by atoms with Crippen molar-refractivity contribution < 1.29 is 28.6 Å². The number of carbonyl (C=O) groups excluding carboxylic acids is 3. The lowest BCUT2D eigenvalue weighted by Gasteiger charge is -2.33. The maximum absolute atomic E-state index is 12.5. The molecule has 1 fully saturated rings. The lowest BCUT2D eigenvalue weighted by atomic mass is 9.96. The van der Waals surface area contributed by atoms with Gasteiger partial charge in [0.1, 0.15) is 17.5 Å². The molecule has 1 aromatic rings. The van der Waals surface area contributed by atoms with Gasteiger partial charge in [0.05, 0.1) is 13.0 Å². The Morgan fingerprint density at radius 3 is 2.23 bits per heavy atom. The highest BCUT2D eigenvalue weighted by Crippen LogP contribution is 2.22. The Hall–Kier alpha value is -2.57. The van der Waals surface area contributed by atoms with E-state index >= 15 is 0 Å². The molecule has 0 saturated carbocycles. The monoisotopic (exact) mass is 419 g/mol. The minimum atomic E-state index is -0.503. The van der Waals surface area contributed by atoms with Crippen molar-refractivity contribution in [1.82, 2.24) is 4.90 Å². The van der Waals surface area contributed by atoms with Crippen LogP contribution in [0.1, 0.15) is 64.2 Å². The molecule has 0 aromatic heterocycles. The minimum Gasteiger partial charge on any atom is -0.490 e. The number of rotatable bonds is 7. The third kappa shape index (κ3) is 7.35. The number of nitrogens with zero attached hydrogens (tertiary/aromatic N) is 1. The van der Waals surface area contributed by atoms with Gasteiger partial charge < -0.3 is 19.1 Å². The highest BCUT2D eigenvalue weighted by Gasteiger charge is 2.27. The third-order valence-electron chi connectivity index (χ3n) is 4.76. The van der Waals surface area contributed by atoms with Gasteiger partial charge in [-0.15, -0.1) is 0 Å². The molecule has 1 aliphatic rings. The molecular formula is C23H33NO6. The number of hydrogen-bond donors (Lipinski definition) is 0. The molecule has 1 saturated heterocycles. The second kappa shape index (κ2) is 10.5. The predicted molar refractivity (Wildman–Crippen MR) is 113 cm³/mol. The van der Waals surface area contributed by atoms with Gasteiger partial charge in [-0.1, -0.05) is 6.92 Å². The van der Waals surface area contributed by atoms with Crippen molar-refractivity contribution in [3.8, 4) is 5.75 Å². The van der Waals surface area contributed by atoms with Crippen molar-refractivity contribution in [3.05, 3.63) is 29.8 Å². The van der Waals surface area contributed by atoms with Gasteiger partial charge in [-0.3, -0.25) is 9.59 Å². The number of Topliss-reactive ketones (excluding diaryl/α,β-unsaturated/α-hetero) is 1. The van der Waals surface area contributed by atoms with E-state index in [0.29, 0.717) is 31.0 Å². The van der Waals surface area contributed by atoms with Crippen molar-refractivity contribution in [2.24, 2.45) is 5.92 Å². The number of ketones is 1. The molecule has 1 unspecified atom stereocenters. The average molecular weight is 420 g/mol. The number of esters is 1. The number of ether oxygens (including phenoxy) is 3. The Bertz CT molecular complexity index is 729.